The van der Waals surface area contributed by atoms with Gasteiger partial charge in [-0.15, -0.1) is 0 Å². The molecular weight excluding hydrogens is 492 g/mol. The molecule has 0 spiro atoms. The van der Waals surface area contributed by atoms with Crippen LogP contribution in [-0.2, 0) is 41.1 Å². The molecule has 1 aliphatic carbocycles. The predicted octanol–water partition coefficient (Wildman–Crippen LogP) is 6.55. The highest BCUT2D eigenvalue weighted by atomic mass is 32.2. The SMILES string of the molecule is O=P(CCC1CC=C(OS(=O)(=O)C(F)(F)F)CC1)(OCc1ccccc1)OCc1ccccc1. The number of benzene rings is 2. The van der Waals surface area contributed by atoms with Gasteiger partial charge in [0.05, 0.1) is 19.4 Å². The van der Waals surface area contributed by atoms with Gasteiger partial charge in [-0.05, 0) is 42.4 Å². The molecule has 34 heavy (non-hydrogen) atoms. The molecule has 0 N–H and O–H groups in total. The summed E-state index contributed by atoms with van der Waals surface area (Å²) in [7, 11) is -9.15. The molecule has 3 rings (SSSR count). The molecule has 0 fully saturated rings. The molecule has 1 atom stereocenters. The van der Waals surface area contributed by atoms with Crippen molar-refractivity contribution in [1.82, 2.24) is 0 Å². The molecule has 186 valence electrons. The first-order valence-electron chi connectivity index (χ1n) is 10.7. The molecule has 0 heterocycles. The Hall–Kier alpha value is -2.13. The van der Waals surface area contributed by atoms with Crippen molar-refractivity contribution in [3.63, 3.8) is 0 Å². The molecule has 2 aromatic carbocycles. The molecule has 0 aromatic heterocycles. The van der Waals surface area contributed by atoms with Gasteiger partial charge in [0, 0.05) is 6.42 Å². The van der Waals surface area contributed by atoms with Crippen LogP contribution in [0.1, 0.15) is 36.8 Å². The predicted molar refractivity (Wildman–Crippen MR) is 121 cm³/mol. The number of rotatable bonds is 11. The normalized spacial score (nSPS) is 17.3. The smallest absolute Gasteiger partial charge is 0.381 e. The first-order valence-corrected chi connectivity index (χ1v) is 13.9. The van der Waals surface area contributed by atoms with Crippen molar-refractivity contribution in [3.8, 4) is 0 Å². The minimum Gasteiger partial charge on any atom is -0.381 e. The van der Waals surface area contributed by atoms with Crippen molar-refractivity contribution in [2.75, 3.05) is 6.16 Å². The van der Waals surface area contributed by atoms with E-state index in [-0.39, 0.29) is 37.5 Å². The van der Waals surface area contributed by atoms with Crippen LogP contribution >= 0.6 is 7.60 Å². The van der Waals surface area contributed by atoms with Gasteiger partial charge in [0.1, 0.15) is 5.76 Å². The molecule has 11 heteroatoms. The van der Waals surface area contributed by atoms with Crippen molar-refractivity contribution >= 4 is 17.7 Å². The summed E-state index contributed by atoms with van der Waals surface area (Å²) in [6.07, 6.45) is 2.66. The number of alkyl halides is 3. The minimum absolute atomic E-state index is 0.0186. The van der Waals surface area contributed by atoms with Gasteiger partial charge in [0.25, 0.3) is 0 Å². The average Bonchev–Trinajstić information content (AvgIpc) is 2.82. The van der Waals surface area contributed by atoms with Gasteiger partial charge in [0.2, 0.25) is 0 Å². The molecule has 0 saturated heterocycles. The zero-order chi connectivity index (χ0) is 24.7. The summed E-state index contributed by atoms with van der Waals surface area (Å²) in [5.41, 5.74) is -3.78. The molecule has 2 aromatic rings. The molecule has 0 radical (unpaired) electrons. The fourth-order valence-corrected chi connectivity index (χ4v) is 5.63. The standard InChI is InChI=1S/C23H26F3O6PS/c24-23(25,26)34(28,29)32-22-13-11-19(12-14-22)15-16-33(27,30-17-20-7-3-1-4-8-20)31-18-21-9-5-2-6-10-21/h1-10,13,19H,11-12,14-18H2. The molecule has 6 nitrogen and oxygen atoms in total. The maximum Gasteiger partial charge on any atom is 0.534 e. The largest absolute Gasteiger partial charge is 0.534 e. The van der Waals surface area contributed by atoms with E-state index in [4.69, 9.17) is 9.05 Å². The number of hydrogen-bond acceptors (Lipinski definition) is 6. The summed E-state index contributed by atoms with van der Waals surface area (Å²) in [5.74, 6) is -0.243. The second kappa shape index (κ2) is 11.5. The van der Waals surface area contributed by atoms with Gasteiger partial charge in [-0.2, -0.15) is 21.6 Å². The Labute approximate surface area is 197 Å². The Kier molecular flexibility index (Phi) is 8.98. The topological polar surface area (TPSA) is 78.9 Å². The van der Waals surface area contributed by atoms with E-state index in [0.29, 0.717) is 19.3 Å². The number of allylic oxidation sites excluding steroid dienone is 2. The Morgan fingerprint density at radius 3 is 1.88 bits per heavy atom. The zero-order valence-electron chi connectivity index (χ0n) is 18.3. The van der Waals surface area contributed by atoms with E-state index >= 15 is 0 Å². The van der Waals surface area contributed by atoms with Gasteiger partial charge in [-0.1, -0.05) is 60.7 Å². The third kappa shape index (κ3) is 7.98. The van der Waals surface area contributed by atoms with Crippen molar-refractivity contribution in [3.05, 3.63) is 83.6 Å². The van der Waals surface area contributed by atoms with Gasteiger partial charge in [-0.25, -0.2) is 0 Å². The maximum atomic E-state index is 13.5. The lowest BCUT2D eigenvalue weighted by molar-refractivity contribution is -0.0524. The van der Waals surface area contributed by atoms with E-state index in [2.05, 4.69) is 4.18 Å². The highest BCUT2D eigenvalue weighted by molar-refractivity contribution is 7.87. The van der Waals surface area contributed by atoms with Gasteiger partial charge in [-0.3, -0.25) is 4.57 Å². The van der Waals surface area contributed by atoms with Gasteiger partial charge in [0.15, 0.2) is 0 Å². The quantitative estimate of drug-likeness (QED) is 0.191. The first kappa shape index (κ1) is 26.5. The molecular formula is C23H26F3O6PS. The van der Waals surface area contributed by atoms with E-state index in [1.165, 1.54) is 6.08 Å². The van der Waals surface area contributed by atoms with E-state index in [0.717, 1.165) is 11.1 Å². The zero-order valence-corrected chi connectivity index (χ0v) is 20.0. The second-order valence-electron chi connectivity index (χ2n) is 7.94. The van der Waals surface area contributed by atoms with E-state index in [1.54, 1.807) is 0 Å². The fraction of sp³-hybridized carbons (Fsp3) is 0.391. The lowest BCUT2D eigenvalue weighted by Crippen LogP contribution is -2.26. The van der Waals surface area contributed by atoms with Crippen molar-refractivity contribution < 1.29 is 39.4 Å². The minimum atomic E-state index is -5.67. The Morgan fingerprint density at radius 1 is 0.912 bits per heavy atom. The highest BCUT2D eigenvalue weighted by Crippen LogP contribution is 2.51. The molecule has 1 aliphatic rings. The Bertz CT molecular complexity index is 1060. The summed E-state index contributed by atoms with van der Waals surface area (Å²) in [4.78, 5) is 0. The van der Waals surface area contributed by atoms with E-state index < -0.39 is 23.2 Å². The molecule has 0 bridgehead atoms. The Balaban J connectivity index is 1.59. The fourth-order valence-electron chi connectivity index (χ4n) is 3.39. The van der Waals surface area contributed by atoms with Crippen LogP contribution < -0.4 is 0 Å². The first-order chi connectivity index (χ1) is 16.1. The number of halogens is 3. The van der Waals surface area contributed by atoms with Crippen molar-refractivity contribution in [2.24, 2.45) is 5.92 Å². The lowest BCUT2D eigenvalue weighted by atomic mass is 9.91. The van der Waals surface area contributed by atoms with Crippen molar-refractivity contribution in [2.45, 2.75) is 44.4 Å². The van der Waals surface area contributed by atoms with Crippen LogP contribution in [-0.4, -0.2) is 20.1 Å². The monoisotopic (exact) mass is 518 g/mol. The summed E-state index contributed by atoms with van der Waals surface area (Å²) < 4.78 is 89.1. The molecule has 0 amide bonds. The molecule has 0 saturated carbocycles. The van der Waals surface area contributed by atoms with Crippen LogP contribution in [0.4, 0.5) is 13.2 Å². The highest BCUT2D eigenvalue weighted by Gasteiger charge is 2.49. The summed E-state index contributed by atoms with van der Waals surface area (Å²) in [6, 6.07) is 18.5. The van der Waals surface area contributed by atoms with Gasteiger partial charge < -0.3 is 13.2 Å². The van der Waals surface area contributed by atoms with Crippen LogP contribution in [0.25, 0.3) is 0 Å². The maximum absolute atomic E-state index is 13.5. The third-order valence-corrected chi connectivity index (χ3v) is 8.18. The summed E-state index contributed by atoms with van der Waals surface area (Å²) in [6.45, 7) is 0.232. The number of hydrogen-bond donors (Lipinski definition) is 0. The van der Waals surface area contributed by atoms with Gasteiger partial charge >= 0.3 is 23.2 Å². The third-order valence-electron chi connectivity index (χ3n) is 5.33. The van der Waals surface area contributed by atoms with Crippen LogP contribution in [0, 0.1) is 5.92 Å². The second-order valence-corrected chi connectivity index (χ2v) is 11.7. The van der Waals surface area contributed by atoms with Crippen LogP contribution in [0.15, 0.2) is 72.5 Å². The van der Waals surface area contributed by atoms with Crippen LogP contribution in [0.2, 0.25) is 0 Å². The summed E-state index contributed by atoms with van der Waals surface area (Å²) in [5, 5.41) is 0. The van der Waals surface area contributed by atoms with Crippen molar-refractivity contribution in [1.29, 1.82) is 0 Å². The summed E-state index contributed by atoms with van der Waals surface area (Å²) >= 11 is 0. The van der Waals surface area contributed by atoms with E-state index in [1.807, 2.05) is 60.7 Å². The van der Waals surface area contributed by atoms with Crippen LogP contribution in [0.5, 0.6) is 0 Å². The Morgan fingerprint density at radius 2 is 1.44 bits per heavy atom. The average molecular weight is 518 g/mol. The lowest BCUT2D eigenvalue weighted by Gasteiger charge is -2.24. The van der Waals surface area contributed by atoms with Crippen LogP contribution in [0.3, 0.4) is 0 Å². The van der Waals surface area contributed by atoms with E-state index in [9.17, 15) is 26.2 Å². The molecule has 0 aliphatic heterocycles. The molecule has 1 unspecified atom stereocenters.